The molecule has 0 spiro atoms. The highest BCUT2D eigenvalue weighted by Gasteiger charge is 2.49. The van der Waals surface area contributed by atoms with Crippen molar-refractivity contribution in [1.82, 2.24) is 25.2 Å². The lowest BCUT2D eigenvalue weighted by molar-refractivity contribution is -0.146. The van der Waals surface area contributed by atoms with Gasteiger partial charge >= 0.3 is 0 Å². The predicted octanol–water partition coefficient (Wildman–Crippen LogP) is 1.49. The zero-order valence-corrected chi connectivity index (χ0v) is 27.8. The molecule has 0 bridgehead atoms. The number of nitrogens with two attached hydrogens (primary N) is 1. The van der Waals surface area contributed by atoms with Gasteiger partial charge in [-0.2, -0.15) is 5.26 Å². The minimum absolute atomic E-state index is 0.00463. The average Bonchev–Trinajstić information content (AvgIpc) is 3.77. The van der Waals surface area contributed by atoms with E-state index in [2.05, 4.69) is 20.6 Å². The van der Waals surface area contributed by atoms with E-state index in [1.807, 2.05) is 6.07 Å². The predicted molar refractivity (Wildman–Crippen MR) is 174 cm³/mol. The zero-order chi connectivity index (χ0) is 35.3. The molecule has 2 aromatic rings. The van der Waals surface area contributed by atoms with E-state index in [1.54, 1.807) is 13.8 Å². The third-order valence-corrected chi connectivity index (χ3v) is 9.71. The average molecular weight is 675 g/mol. The number of hydrogen-bond donors (Lipinski definition) is 3. The summed E-state index contributed by atoms with van der Waals surface area (Å²) < 4.78 is 6.87. The van der Waals surface area contributed by atoms with E-state index >= 15 is 0 Å². The number of benzene rings is 1. The molecular formula is C34H42N8O7. The molecule has 3 aliphatic rings. The molecule has 1 aromatic heterocycles. The van der Waals surface area contributed by atoms with Gasteiger partial charge in [0.05, 0.1) is 29.6 Å². The van der Waals surface area contributed by atoms with Gasteiger partial charge in [0.2, 0.25) is 11.7 Å². The van der Waals surface area contributed by atoms with Crippen molar-refractivity contribution in [2.45, 2.75) is 94.9 Å². The Morgan fingerprint density at radius 2 is 1.80 bits per heavy atom. The number of nitrogens with zero attached hydrogens (tertiary/aromatic N) is 6. The van der Waals surface area contributed by atoms with E-state index in [4.69, 9.17) is 15.7 Å². The molecule has 2 saturated heterocycles. The molecule has 49 heavy (non-hydrogen) atoms. The van der Waals surface area contributed by atoms with E-state index in [0.29, 0.717) is 11.3 Å². The number of carbonyl (C=O) groups is 5. The number of aliphatic hydroxyl groups is 1. The Kier molecular flexibility index (Phi) is 10.7. The fourth-order valence-electron chi connectivity index (χ4n) is 6.98. The molecule has 3 heterocycles. The van der Waals surface area contributed by atoms with Gasteiger partial charge in [-0.3, -0.25) is 24.0 Å². The molecule has 2 aliphatic heterocycles. The molecule has 5 rings (SSSR count). The summed E-state index contributed by atoms with van der Waals surface area (Å²) >= 11 is 0. The SMILES string of the molecule is CC(C)(O)c1cnnn1[C@H]1C[C@@H](C(=O)NC2(C(=O)C(N)=O)CCOCC2)N(C(=O)C(CC2CCCCC2)=NC(=O)c2ccc(C#N)cc2)C1. The molecule has 0 radical (unpaired) electrons. The number of aromatic nitrogens is 3. The van der Waals surface area contributed by atoms with Crippen molar-refractivity contribution in [3.8, 4) is 6.07 Å². The van der Waals surface area contributed by atoms with Crippen LogP contribution in [0.15, 0.2) is 35.5 Å². The second kappa shape index (κ2) is 14.8. The molecule has 260 valence electrons. The van der Waals surface area contributed by atoms with Crippen LogP contribution >= 0.6 is 0 Å². The standard InChI is InChI=1S/C34H42N8O7/c1-33(2,48)27-19-37-40-42(27)24-17-26(31(46)39-34(28(43)29(36)44)12-14-49-15-13-34)41(20-24)32(47)25(16-21-6-4-3-5-7-21)38-30(45)23-10-8-22(18-35)9-11-23/h8-11,19,21,24,26,48H,3-7,12-17,20H2,1-2H3,(H2,36,44)(H,39,46)/t24-,26-/m0/s1. The van der Waals surface area contributed by atoms with Gasteiger partial charge in [-0.05, 0) is 50.5 Å². The lowest BCUT2D eigenvalue weighted by atomic mass is 9.84. The van der Waals surface area contributed by atoms with Crippen molar-refractivity contribution in [1.29, 1.82) is 5.26 Å². The van der Waals surface area contributed by atoms with E-state index in [0.717, 1.165) is 32.1 Å². The minimum atomic E-state index is -1.61. The van der Waals surface area contributed by atoms with Gasteiger partial charge in [-0.15, -0.1) is 5.10 Å². The first-order valence-corrected chi connectivity index (χ1v) is 16.6. The van der Waals surface area contributed by atoms with Gasteiger partial charge in [-0.1, -0.05) is 37.3 Å². The van der Waals surface area contributed by atoms with E-state index in [1.165, 1.54) is 40.0 Å². The van der Waals surface area contributed by atoms with Crippen molar-refractivity contribution in [3.63, 3.8) is 0 Å². The number of Topliss-reactive ketones (excluding diaryl/α,β-unsaturated/α-hetero) is 1. The monoisotopic (exact) mass is 674 g/mol. The normalized spacial score (nSPS) is 21.5. The maximum atomic E-state index is 14.6. The number of hydrogen-bond acceptors (Lipinski definition) is 10. The molecule has 1 aromatic carbocycles. The first kappa shape index (κ1) is 35.5. The molecular weight excluding hydrogens is 632 g/mol. The lowest BCUT2D eigenvalue weighted by Gasteiger charge is -2.37. The number of aliphatic imine (C=N–C) groups is 1. The number of likely N-dealkylation sites (tertiary alicyclic amines) is 1. The highest BCUT2D eigenvalue weighted by atomic mass is 16.5. The summed E-state index contributed by atoms with van der Waals surface area (Å²) in [6, 6.07) is 6.15. The minimum Gasteiger partial charge on any atom is -0.384 e. The highest BCUT2D eigenvalue weighted by Crippen LogP contribution is 2.34. The number of primary amides is 1. The zero-order valence-electron chi connectivity index (χ0n) is 27.8. The lowest BCUT2D eigenvalue weighted by Crippen LogP contribution is -2.63. The fourth-order valence-corrected chi connectivity index (χ4v) is 6.98. The number of nitriles is 1. The Morgan fingerprint density at radius 3 is 2.41 bits per heavy atom. The van der Waals surface area contributed by atoms with Crippen LogP contribution in [0.5, 0.6) is 0 Å². The van der Waals surface area contributed by atoms with Crippen LogP contribution in [-0.4, -0.2) is 91.5 Å². The number of amides is 4. The van der Waals surface area contributed by atoms with Gasteiger partial charge in [0.15, 0.2) is 0 Å². The van der Waals surface area contributed by atoms with Crippen molar-refractivity contribution in [2.75, 3.05) is 19.8 Å². The molecule has 1 saturated carbocycles. The summed E-state index contributed by atoms with van der Waals surface area (Å²) in [6.07, 6.45) is 6.46. The van der Waals surface area contributed by atoms with Crippen molar-refractivity contribution in [3.05, 3.63) is 47.3 Å². The van der Waals surface area contributed by atoms with Crippen molar-refractivity contribution in [2.24, 2.45) is 16.6 Å². The molecule has 4 amide bonds. The maximum Gasteiger partial charge on any atom is 0.287 e. The van der Waals surface area contributed by atoms with E-state index in [-0.39, 0.29) is 62.6 Å². The van der Waals surface area contributed by atoms with Gasteiger partial charge in [-0.25, -0.2) is 9.67 Å². The van der Waals surface area contributed by atoms with Gasteiger partial charge < -0.3 is 25.8 Å². The van der Waals surface area contributed by atoms with Crippen LogP contribution < -0.4 is 11.1 Å². The second-order valence-corrected chi connectivity index (χ2v) is 13.6. The third-order valence-electron chi connectivity index (χ3n) is 9.71. The summed E-state index contributed by atoms with van der Waals surface area (Å²) in [6.45, 7) is 3.31. The second-order valence-electron chi connectivity index (χ2n) is 13.6. The summed E-state index contributed by atoms with van der Waals surface area (Å²) in [5.41, 5.74) is 3.36. The summed E-state index contributed by atoms with van der Waals surface area (Å²) in [4.78, 5) is 73.0. The molecule has 2 atom stereocenters. The number of carbonyl (C=O) groups excluding carboxylic acids is 5. The molecule has 4 N–H and O–H groups in total. The van der Waals surface area contributed by atoms with Crippen LogP contribution in [0.4, 0.5) is 0 Å². The third kappa shape index (κ3) is 7.92. The van der Waals surface area contributed by atoms with E-state index in [9.17, 15) is 29.1 Å². The molecule has 1 aliphatic carbocycles. The number of nitrogens with one attached hydrogen (secondary N) is 1. The van der Waals surface area contributed by atoms with Crippen LogP contribution in [0.3, 0.4) is 0 Å². The number of ether oxygens (including phenoxy) is 1. The molecule has 15 heteroatoms. The molecule has 0 unspecified atom stereocenters. The summed E-state index contributed by atoms with van der Waals surface area (Å²) in [5.74, 6) is -4.01. The first-order chi connectivity index (χ1) is 23.3. The van der Waals surface area contributed by atoms with Crippen molar-refractivity contribution < 1.29 is 33.8 Å². The molecule has 15 nitrogen and oxygen atoms in total. The first-order valence-electron chi connectivity index (χ1n) is 16.6. The van der Waals surface area contributed by atoms with Crippen LogP contribution in [0.25, 0.3) is 0 Å². The maximum absolute atomic E-state index is 14.6. The molecule has 3 fully saturated rings. The van der Waals surface area contributed by atoms with Crippen LogP contribution in [0.1, 0.15) is 99.3 Å². The topological polar surface area (TPSA) is 223 Å². The smallest absolute Gasteiger partial charge is 0.287 e. The Morgan fingerprint density at radius 1 is 1.12 bits per heavy atom. The fraction of sp³-hybridized carbons (Fsp3) is 0.559. The Balaban J connectivity index is 1.52. The summed E-state index contributed by atoms with van der Waals surface area (Å²) in [5, 5.41) is 30.9. The largest absolute Gasteiger partial charge is 0.384 e. The van der Waals surface area contributed by atoms with Gasteiger partial charge in [0, 0.05) is 44.6 Å². The Bertz CT molecular complexity index is 1660. The van der Waals surface area contributed by atoms with Crippen LogP contribution in [0, 0.1) is 17.2 Å². The highest BCUT2D eigenvalue weighted by molar-refractivity contribution is 6.41. The quantitative estimate of drug-likeness (QED) is 0.243. The van der Waals surface area contributed by atoms with Gasteiger partial charge in [0.25, 0.3) is 17.7 Å². The van der Waals surface area contributed by atoms with Gasteiger partial charge in [0.1, 0.15) is 22.9 Å². The Labute approximate surface area is 283 Å². The Hall–Kier alpha value is -4.81. The van der Waals surface area contributed by atoms with Crippen molar-refractivity contribution >= 4 is 35.1 Å². The van der Waals surface area contributed by atoms with E-state index < -0.39 is 52.6 Å². The van der Waals surface area contributed by atoms with Crippen LogP contribution in [-0.2, 0) is 29.5 Å². The van der Waals surface area contributed by atoms with Crippen LogP contribution in [0.2, 0.25) is 0 Å². The number of ketones is 1. The number of rotatable bonds is 10. The summed E-state index contributed by atoms with van der Waals surface area (Å²) in [7, 11) is 0.